The lowest BCUT2D eigenvalue weighted by molar-refractivity contribution is 0.530. The monoisotopic (exact) mass is 294 g/mol. The summed E-state index contributed by atoms with van der Waals surface area (Å²) in [6, 6.07) is 4.99. The van der Waals surface area contributed by atoms with Gasteiger partial charge in [0.15, 0.2) is 0 Å². The van der Waals surface area contributed by atoms with Gasteiger partial charge in [0.25, 0.3) is 0 Å². The van der Waals surface area contributed by atoms with E-state index in [-0.39, 0.29) is 0 Å². The zero-order valence-corrected chi connectivity index (χ0v) is 13.8. The first kappa shape index (κ1) is 15.6. The van der Waals surface area contributed by atoms with E-state index in [4.69, 9.17) is 16.6 Å². The summed E-state index contributed by atoms with van der Waals surface area (Å²) in [5.41, 5.74) is 2.35. The fourth-order valence-corrected chi connectivity index (χ4v) is 3.23. The maximum absolute atomic E-state index is 6.05. The number of halogens is 1. The van der Waals surface area contributed by atoms with Crippen LogP contribution in [0.4, 0.5) is 5.82 Å². The third-order valence-electron chi connectivity index (χ3n) is 4.06. The number of hydrogen-bond donors (Lipinski definition) is 0. The Bertz CT molecular complexity index is 403. The zero-order valence-electron chi connectivity index (χ0n) is 13.0. The molecular formula is C17H27ClN2. The molecule has 0 atom stereocenters. The summed E-state index contributed by atoms with van der Waals surface area (Å²) in [5.74, 6) is 2.37. The molecule has 1 aliphatic carbocycles. The SMILES string of the molecule is CCc1cc(CCl)cc(N(CC(C)C)C2CCCC2)n1. The summed E-state index contributed by atoms with van der Waals surface area (Å²) in [6.07, 6.45) is 6.30. The lowest BCUT2D eigenvalue weighted by atomic mass is 10.1. The van der Waals surface area contributed by atoms with Gasteiger partial charge in [-0.3, -0.25) is 0 Å². The van der Waals surface area contributed by atoms with Gasteiger partial charge >= 0.3 is 0 Å². The normalized spacial score (nSPS) is 16.1. The van der Waals surface area contributed by atoms with Crippen LogP contribution in [0.2, 0.25) is 0 Å². The zero-order chi connectivity index (χ0) is 14.5. The van der Waals surface area contributed by atoms with Crippen LogP contribution < -0.4 is 4.90 Å². The number of nitrogens with zero attached hydrogens (tertiary/aromatic N) is 2. The molecule has 112 valence electrons. The molecule has 0 bridgehead atoms. The maximum Gasteiger partial charge on any atom is 0.129 e. The quantitative estimate of drug-likeness (QED) is 0.701. The highest BCUT2D eigenvalue weighted by Gasteiger charge is 2.24. The van der Waals surface area contributed by atoms with Crippen LogP contribution in [-0.2, 0) is 12.3 Å². The minimum absolute atomic E-state index is 0.572. The fourth-order valence-electron chi connectivity index (χ4n) is 3.08. The van der Waals surface area contributed by atoms with Crippen molar-refractivity contribution < 1.29 is 0 Å². The summed E-state index contributed by atoms with van der Waals surface area (Å²) < 4.78 is 0. The van der Waals surface area contributed by atoms with Crippen LogP contribution in [0.25, 0.3) is 0 Å². The fraction of sp³-hybridized carbons (Fsp3) is 0.706. The Balaban J connectivity index is 2.30. The molecule has 0 amide bonds. The number of aromatic nitrogens is 1. The highest BCUT2D eigenvalue weighted by molar-refractivity contribution is 6.17. The molecule has 2 rings (SSSR count). The number of rotatable bonds is 6. The van der Waals surface area contributed by atoms with Crippen molar-refractivity contribution in [2.45, 2.75) is 64.8 Å². The van der Waals surface area contributed by atoms with E-state index < -0.39 is 0 Å². The van der Waals surface area contributed by atoms with E-state index in [9.17, 15) is 0 Å². The van der Waals surface area contributed by atoms with Crippen molar-refractivity contribution in [1.29, 1.82) is 0 Å². The van der Waals surface area contributed by atoms with Crippen LogP contribution in [-0.4, -0.2) is 17.6 Å². The van der Waals surface area contributed by atoms with Gasteiger partial charge in [0.1, 0.15) is 5.82 Å². The Morgan fingerprint density at radius 2 is 2.00 bits per heavy atom. The van der Waals surface area contributed by atoms with Gasteiger partial charge in [-0.25, -0.2) is 4.98 Å². The number of hydrogen-bond acceptors (Lipinski definition) is 2. The van der Waals surface area contributed by atoms with E-state index in [2.05, 4.69) is 37.8 Å². The van der Waals surface area contributed by atoms with E-state index >= 15 is 0 Å². The molecule has 0 spiro atoms. The van der Waals surface area contributed by atoms with Gasteiger partial charge in [-0.1, -0.05) is 33.6 Å². The molecule has 0 saturated heterocycles. The second-order valence-corrected chi connectivity index (χ2v) is 6.56. The molecule has 0 unspecified atom stereocenters. The third-order valence-corrected chi connectivity index (χ3v) is 4.37. The van der Waals surface area contributed by atoms with E-state index in [0.717, 1.165) is 24.5 Å². The van der Waals surface area contributed by atoms with E-state index in [1.54, 1.807) is 0 Å². The minimum Gasteiger partial charge on any atom is -0.353 e. The van der Waals surface area contributed by atoms with Crippen molar-refractivity contribution in [3.05, 3.63) is 23.4 Å². The minimum atomic E-state index is 0.572. The molecule has 20 heavy (non-hydrogen) atoms. The largest absolute Gasteiger partial charge is 0.353 e. The standard InChI is InChI=1S/C17H27ClN2/c1-4-15-9-14(11-18)10-17(19-15)20(12-13(2)3)16-7-5-6-8-16/h9-10,13,16H,4-8,11-12H2,1-3H3. The van der Waals surface area contributed by atoms with E-state index in [0.29, 0.717) is 17.8 Å². The molecule has 3 heteroatoms. The van der Waals surface area contributed by atoms with Crippen molar-refractivity contribution in [3.8, 4) is 0 Å². The van der Waals surface area contributed by atoms with Gasteiger partial charge in [0.05, 0.1) is 0 Å². The van der Waals surface area contributed by atoms with Gasteiger partial charge < -0.3 is 4.90 Å². The summed E-state index contributed by atoms with van der Waals surface area (Å²) in [4.78, 5) is 7.40. The average Bonchev–Trinajstić information content (AvgIpc) is 2.97. The van der Waals surface area contributed by atoms with Gasteiger partial charge in [-0.2, -0.15) is 0 Å². The first-order chi connectivity index (χ1) is 9.63. The first-order valence-electron chi connectivity index (χ1n) is 7.96. The molecule has 1 saturated carbocycles. The molecule has 1 fully saturated rings. The molecule has 0 radical (unpaired) electrons. The van der Waals surface area contributed by atoms with Crippen LogP contribution >= 0.6 is 11.6 Å². The van der Waals surface area contributed by atoms with Crippen LogP contribution in [0.3, 0.4) is 0 Å². The Morgan fingerprint density at radius 3 is 2.55 bits per heavy atom. The van der Waals surface area contributed by atoms with Gasteiger partial charge in [-0.15, -0.1) is 11.6 Å². The van der Waals surface area contributed by atoms with Crippen molar-refractivity contribution in [2.24, 2.45) is 5.92 Å². The summed E-state index contributed by atoms with van der Waals surface area (Å²) in [6.45, 7) is 7.82. The molecule has 1 aliphatic rings. The number of aryl methyl sites for hydroxylation is 1. The Kier molecular flexibility index (Phi) is 5.71. The smallest absolute Gasteiger partial charge is 0.129 e. The predicted molar refractivity (Wildman–Crippen MR) is 87.6 cm³/mol. The van der Waals surface area contributed by atoms with Gasteiger partial charge in [0, 0.05) is 24.2 Å². The molecule has 0 N–H and O–H groups in total. The summed E-state index contributed by atoms with van der Waals surface area (Å²) >= 11 is 6.05. The van der Waals surface area contributed by atoms with Crippen molar-refractivity contribution in [1.82, 2.24) is 4.98 Å². The van der Waals surface area contributed by atoms with Crippen LogP contribution in [0, 0.1) is 5.92 Å². The molecule has 0 aromatic carbocycles. The molecular weight excluding hydrogens is 268 g/mol. The van der Waals surface area contributed by atoms with E-state index in [1.165, 1.54) is 31.2 Å². The lowest BCUT2D eigenvalue weighted by Crippen LogP contribution is -2.37. The molecule has 2 nitrogen and oxygen atoms in total. The third kappa shape index (κ3) is 3.88. The highest BCUT2D eigenvalue weighted by Crippen LogP contribution is 2.29. The Morgan fingerprint density at radius 1 is 1.30 bits per heavy atom. The van der Waals surface area contributed by atoms with Crippen LogP contribution in [0.1, 0.15) is 57.7 Å². The molecule has 1 heterocycles. The van der Waals surface area contributed by atoms with Crippen LogP contribution in [0.15, 0.2) is 12.1 Å². The Hall–Kier alpha value is -0.760. The van der Waals surface area contributed by atoms with Gasteiger partial charge in [-0.05, 0) is 42.9 Å². The average molecular weight is 295 g/mol. The molecule has 0 aliphatic heterocycles. The van der Waals surface area contributed by atoms with Crippen molar-refractivity contribution in [3.63, 3.8) is 0 Å². The first-order valence-corrected chi connectivity index (χ1v) is 8.50. The number of pyridine rings is 1. The molecule has 1 aromatic heterocycles. The summed E-state index contributed by atoms with van der Waals surface area (Å²) in [7, 11) is 0. The number of alkyl halides is 1. The summed E-state index contributed by atoms with van der Waals surface area (Å²) in [5, 5.41) is 0. The molecule has 1 aromatic rings. The maximum atomic E-state index is 6.05. The lowest BCUT2D eigenvalue weighted by Gasteiger charge is -2.32. The topological polar surface area (TPSA) is 16.1 Å². The van der Waals surface area contributed by atoms with Crippen molar-refractivity contribution >= 4 is 17.4 Å². The van der Waals surface area contributed by atoms with Gasteiger partial charge in [0.2, 0.25) is 0 Å². The van der Waals surface area contributed by atoms with Crippen molar-refractivity contribution in [2.75, 3.05) is 11.4 Å². The second kappa shape index (κ2) is 7.31. The predicted octanol–water partition coefficient (Wildman–Crippen LogP) is 4.79. The Labute approximate surface area is 128 Å². The highest BCUT2D eigenvalue weighted by atomic mass is 35.5. The second-order valence-electron chi connectivity index (χ2n) is 6.30. The van der Waals surface area contributed by atoms with Crippen LogP contribution in [0.5, 0.6) is 0 Å². The van der Waals surface area contributed by atoms with E-state index in [1.807, 2.05) is 0 Å². The number of anilines is 1.